The number of nitrogens with one attached hydrogen (secondary N) is 1. The van der Waals surface area contributed by atoms with Crippen molar-refractivity contribution in [1.29, 1.82) is 0 Å². The summed E-state index contributed by atoms with van der Waals surface area (Å²) in [5.41, 5.74) is 0.840. The standard InChI is InChI=1S/C16H16N4O3S/c1-9(2)19-15(6-10(3)18-19)17-16(21)14-8-11-7-12(20(22)23)4-5-13(11)24-14/h4-9H,1-3H3,(H,17,21). The molecule has 2 heterocycles. The van der Waals surface area contributed by atoms with Crippen molar-refractivity contribution in [1.82, 2.24) is 9.78 Å². The largest absolute Gasteiger partial charge is 0.306 e. The number of hydrogen-bond donors (Lipinski definition) is 1. The molecule has 2 aromatic heterocycles. The molecular formula is C16H16N4O3S. The zero-order chi connectivity index (χ0) is 17.4. The fourth-order valence-electron chi connectivity index (χ4n) is 2.44. The molecule has 0 saturated heterocycles. The molecule has 0 aliphatic rings. The first kappa shape index (κ1) is 16.1. The normalized spacial score (nSPS) is 11.2. The second kappa shape index (κ2) is 6.04. The number of aromatic nitrogens is 2. The maximum atomic E-state index is 12.5. The number of benzene rings is 1. The van der Waals surface area contributed by atoms with Gasteiger partial charge in [0.2, 0.25) is 0 Å². The first-order valence-corrected chi connectivity index (χ1v) is 8.22. The molecule has 0 bridgehead atoms. The summed E-state index contributed by atoms with van der Waals surface area (Å²) in [6.45, 7) is 5.84. The van der Waals surface area contributed by atoms with Crippen LogP contribution in [0.4, 0.5) is 11.5 Å². The number of nitro groups is 1. The highest BCUT2D eigenvalue weighted by atomic mass is 32.1. The molecule has 0 radical (unpaired) electrons. The SMILES string of the molecule is Cc1cc(NC(=O)c2cc3cc([N+](=O)[O-])ccc3s2)n(C(C)C)n1. The number of nitrogens with zero attached hydrogens (tertiary/aromatic N) is 3. The Balaban J connectivity index is 1.90. The third kappa shape index (κ3) is 3.00. The maximum absolute atomic E-state index is 12.5. The number of fused-ring (bicyclic) bond motifs is 1. The van der Waals surface area contributed by atoms with Crippen molar-refractivity contribution >= 4 is 38.8 Å². The number of amides is 1. The summed E-state index contributed by atoms with van der Waals surface area (Å²) in [5, 5.41) is 18.8. The van der Waals surface area contributed by atoms with Gasteiger partial charge in [0.1, 0.15) is 5.82 Å². The first-order chi connectivity index (χ1) is 11.3. The molecule has 0 spiro atoms. The van der Waals surface area contributed by atoms with E-state index >= 15 is 0 Å². The van der Waals surface area contributed by atoms with Crippen LogP contribution in [0.15, 0.2) is 30.3 Å². The molecule has 8 heteroatoms. The van der Waals surface area contributed by atoms with E-state index in [0.29, 0.717) is 16.1 Å². The first-order valence-electron chi connectivity index (χ1n) is 7.40. The fraction of sp³-hybridized carbons (Fsp3) is 0.250. The number of thiophene rings is 1. The lowest BCUT2D eigenvalue weighted by Gasteiger charge is -2.11. The Morgan fingerprint density at radius 2 is 2.08 bits per heavy atom. The molecule has 0 atom stereocenters. The van der Waals surface area contributed by atoms with Crippen LogP contribution in [0.2, 0.25) is 0 Å². The van der Waals surface area contributed by atoms with Crippen LogP contribution in [0.1, 0.15) is 35.3 Å². The lowest BCUT2D eigenvalue weighted by atomic mass is 10.2. The maximum Gasteiger partial charge on any atom is 0.270 e. The topological polar surface area (TPSA) is 90.1 Å². The van der Waals surface area contributed by atoms with E-state index < -0.39 is 4.92 Å². The van der Waals surface area contributed by atoms with E-state index in [9.17, 15) is 14.9 Å². The number of nitro benzene ring substituents is 1. The Labute approximate surface area is 142 Å². The molecule has 1 N–H and O–H groups in total. The molecule has 1 aromatic carbocycles. The average Bonchev–Trinajstić information content (AvgIpc) is 3.09. The van der Waals surface area contributed by atoms with Gasteiger partial charge in [-0.05, 0) is 32.9 Å². The van der Waals surface area contributed by atoms with E-state index in [4.69, 9.17) is 0 Å². The lowest BCUT2D eigenvalue weighted by Crippen LogP contribution is -2.15. The highest BCUT2D eigenvalue weighted by Gasteiger charge is 2.16. The summed E-state index contributed by atoms with van der Waals surface area (Å²) < 4.78 is 2.59. The molecule has 0 aliphatic heterocycles. The second-order valence-corrected chi connectivity index (χ2v) is 6.84. The van der Waals surface area contributed by atoms with Crippen LogP contribution in [0.25, 0.3) is 10.1 Å². The highest BCUT2D eigenvalue weighted by molar-refractivity contribution is 7.20. The molecule has 0 unspecified atom stereocenters. The number of rotatable bonds is 4. The number of non-ortho nitro benzene ring substituents is 1. The Kier molecular flexibility index (Phi) is 4.06. The Bertz CT molecular complexity index is 942. The van der Waals surface area contributed by atoms with Gasteiger partial charge in [-0.1, -0.05) is 0 Å². The summed E-state index contributed by atoms with van der Waals surface area (Å²) in [7, 11) is 0. The van der Waals surface area contributed by atoms with Gasteiger partial charge in [-0.15, -0.1) is 11.3 Å². The van der Waals surface area contributed by atoms with E-state index in [1.807, 2.05) is 26.8 Å². The van der Waals surface area contributed by atoms with Gasteiger partial charge < -0.3 is 5.32 Å². The molecule has 24 heavy (non-hydrogen) atoms. The minimum absolute atomic E-state index is 0.0146. The van der Waals surface area contributed by atoms with Gasteiger partial charge in [0, 0.05) is 34.3 Å². The Morgan fingerprint density at radius 1 is 1.33 bits per heavy atom. The van der Waals surface area contributed by atoms with Gasteiger partial charge >= 0.3 is 0 Å². The van der Waals surface area contributed by atoms with Crippen molar-refractivity contribution in [2.45, 2.75) is 26.8 Å². The van der Waals surface area contributed by atoms with Crippen LogP contribution in [0.3, 0.4) is 0 Å². The number of aryl methyl sites for hydroxylation is 1. The molecule has 1 amide bonds. The number of hydrogen-bond acceptors (Lipinski definition) is 5. The predicted molar refractivity (Wildman–Crippen MR) is 93.8 cm³/mol. The van der Waals surface area contributed by atoms with E-state index in [-0.39, 0.29) is 17.6 Å². The summed E-state index contributed by atoms with van der Waals surface area (Å²) in [4.78, 5) is 23.4. The van der Waals surface area contributed by atoms with Gasteiger partial charge in [0.05, 0.1) is 15.5 Å². The molecular weight excluding hydrogens is 328 g/mol. The van der Waals surface area contributed by atoms with Gasteiger partial charge in [0.15, 0.2) is 0 Å². The molecule has 3 rings (SSSR count). The lowest BCUT2D eigenvalue weighted by molar-refractivity contribution is -0.384. The van der Waals surface area contributed by atoms with Gasteiger partial charge in [0.25, 0.3) is 11.6 Å². The van der Waals surface area contributed by atoms with Crippen LogP contribution in [0, 0.1) is 17.0 Å². The van der Waals surface area contributed by atoms with Crippen LogP contribution in [-0.2, 0) is 0 Å². The minimum Gasteiger partial charge on any atom is -0.306 e. The van der Waals surface area contributed by atoms with Crippen molar-refractivity contribution in [3.05, 3.63) is 51.0 Å². The summed E-state index contributed by atoms with van der Waals surface area (Å²) in [6.07, 6.45) is 0. The zero-order valence-electron chi connectivity index (χ0n) is 13.4. The fourth-order valence-corrected chi connectivity index (χ4v) is 3.38. The molecule has 124 valence electrons. The van der Waals surface area contributed by atoms with E-state index in [1.54, 1.807) is 16.8 Å². The summed E-state index contributed by atoms with van der Waals surface area (Å²) in [5.74, 6) is 0.386. The van der Waals surface area contributed by atoms with Crippen LogP contribution >= 0.6 is 11.3 Å². The average molecular weight is 344 g/mol. The quantitative estimate of drug-likeness (QED) is 0.569. The molecule has 0 fully saturated rings. The molecule has 0 aliphatic carbocycles. The Hall–Kier alpha value is -2.74. The van der Waals surface area contributed by atoms with E-state index in [2.05, 4.69) is 10.4 Å². The summed E-state index contributed by atoms with van der Waals surface area (Å²) in [6, 6.07) is 8.20. The summed E-state index contributed by atoms with van der Waals surface area (Å²) >= 11 is 1.30. The van der Waals surface area contributed by atoms with Crippen LogP contribution in [0.5, 0.6) is 0 Å². The Morgan fingerprint density at radius 3 is 2.75 bits per heavy atom. The van der Waals surface area contributed by atoms with Gasteiger partial charge in [-0.25, -0.2) is 4.68 Å². The van der Waals surface area contributed by atoms with Crippen molar-refractivity contribution in [2.24, 2.45) is 0 Å². The van der Waals surface area contributed by atoms with E-state index in [1.165, 1.54) is 23.5 Å². The van der Waals surface area contributed by atoms with Crippen molar-refractivity contribution in [3.63, 3.8) is 0 Å². The zero-order valence-corrected chi connectivity index (χ0v) is 14.3. The van der Waals surface area contributed by atoms with Gasteiger partial charge in [-0.2, -0.15) is 5.10 Å². The van der Waals surface area contributed by atoms with E-state index in [0.717, 1.165) is 10.4 Å². The highest BCUT2D eigenvalue weighted by Crippen LogP contribution is 2.29. The minimum atomic E-state index is -0.444. The smallest absolute Gasteiger partial charge is 0.270 e. The van der Waals surface area contributed by atoms with Crippen LogP contribution in [-0.4, -0.2) is 20.6 Å². The predicted octanol–water partition coefficient (Wildman–Crippen LogP) is 4.15. The number of carbonyl (C=O) groups is 1. The second-order valence-electron chi connectivity index (χ2n) is 5.75. The van der Waals surface area contributed by atoms with Gasteiger partial charge in [-0.3, -0.25) is 14.9 Å². The van der Waals surface area contributed by atoms with Crippen molar-refractivity contribution in [2.75, 3.05) is 5.32 Å². The van der Waals surface area contributed by atoms with Crippen molar-refractivity contribution < 1.29 is 9.72 Å². The van der Waals surface area contributed by atoms with Crippen molar-refractivity contribution in [3.8, 4) is 0 Å². The molecule has 3 aromatic rings. The number of anilines is 1. The third-order valence-corrected chi connectivity index (χ3v) is 4.64. The van der Waals surface area contributed by atoms with Crippen LogP contribution < -0.4 is 5.32 Å². The molecule has 7 nitrogen and oxygen atoms in total. The number of carbonyl (C=O) groups excluding carboxylic acids is 1. The third-order valence-electron chi connectivity index (χ3n) is 3.52. The molecule has 0 saturated carbocycles. The monoisotopic (exact) mass is 344 g/mol.